The van der Waals surface area contributed by atoms with E-state index in [4.69, 9.17) is 4.18 Å². The second kappa shape index (κ2) is 6.47. The molecule has 0 aliphatic carbocycles. The van der Waals surface area contributed by atoms with E-state index in [-0.39, 0.29) is 6.04 Å². The van der Waals surface area contributed by atoms with Crippen LogP contribution in [0, 0.1) is 6.92 Å². The highest BCUT2D eigenvalue weighted by molar-refractivity contribution is 7.78. The van der Waals surface area contributed by atoms with Crippen LogP contribution in [-0.4, -0.2) is 4.21 Å². The Labute approximate surface area is 150 Å². The number of hydrogen-bond donors (Lipinski definition) is 1. The maximum absolute atomic E-state index is 11.9. The van der Waals surface area contributed by atoms with Gasteiger partial charge in [-0.2, -0.15) is 8.93 Å². The molecule has 0 bridgehead atoms. The number of nitrogens with one attached hydrogen (secondary N) is 1. The molecule has 3 aromatic rings. The topological polar surface area (TPSA) is 38.3 Å². The minimum absolute atomic E-state index is 0.00337. The molecule has 3 nitrogen and oxygen atoms in total. The summed E-state index contributed by atoms with van der Waals surface area (Å²) in [4.78, 5) is 0. The molecular formula is C21H19NO2S. The third kappa shape index (κ3) is 3.11. The molecule has 4 rings (SSSR count). The highest BCUT2D eigenvalue weighted by Gasteiger charge is 2.25. The molecule has 2 unspecified atom stereocenters. The van der Waals surface area contributed by atoms with Gasteiger partial charge in [0.25, 0.3) is 11.3 Å². The van der Waals surface area contributed by atoms with Crippen LogP contribution >= 0.6 is 0 Å². The molecule has 3 aromatic carbocycles. The molecule has 2 atom stereocenters. The van der Waals surface area contributed by atoms with Crippen LogP contribution in [0.2, 0.25) is 0 Å². The third-order valence-corrected chi connectivity index (χ3v) is 5.39. The molecule has 0 radical (unpaired) electrons. The van der Waals surface area contributed by atoms with Crippen molar-refractivity contribution in [2.75, 3.05) is 0 Å². The summed E-state index contributed by atoms with van der Waals surface area (Å²) in [5, 5.41) is 0. The minimum Gasteiger partial charge on any atom is -0.388 e. The van der Waals surface area contributed by atoms with E-state index in [9.17, 15) is 4.21 Å². The van der Waals surface area contributed by atoms with Crippen LogP contribution < -0.4 is 8.91 Å². The van der Waals surface area contributed by atoms with Gasteiger partial charge in [-0.15, -0.1) is 0 Å². The van der Waals surface area contributed by atoms with E-state index in [1.54, 1.807) is 0 Å². The Morgan fingerprint density at radius 3 is 2.16 bits per heavy atom. The second-order valence-corrected chi connectivity index (χ2v) is 7.20. The summed E-state index contributed by atoms with van der Waals surface area (Å²) in [5.74, 6) is 0.704. The molecule has 1 heterocycles. The zero-order valence-corrected chi connectivity index (χ0v) is 15.0. The monoisotopic (exact) mass is 349 g/mol. The first-order valence-electron chi connectivity index (χ1n) is 8.28. The Morgan fingerprint density at radius 2 is 1.48 bits per heavy atom. The molecule has 0 amide bonds. The molecule has 25 heavy (non-hydrogen) atoms. The average Bonchev–Trinajstić information content (AvgIpc) is 2.62. The van der Waals surface area contributed by atoms with Crippen molar-refractivity contribution in [3.8, 4) is 28.0 Å². The normalized spacial score (nSPS) is 19.1. The van der Waals surface area contributed by atoms with Gasteiger partial charge in [0.05, 0.1) is 0 Å². The van der Waals surface area contributed by atoms with E-state index < -0.39 is 11.3 Å². The van der Waals surface area contributed by atoms with Crippen molar-refractivity contribution < 1.29 is 8.39 Å². The van der Waals surface area contributed by atoms with Crippen LogP contribution in [-0.2, 0) is 11.3 Å². The predicted molar refractivity (Wildman–Crippen MR) is 102 cm³/mol. The first-order valence-corrected chi connectivity index (χ1v) is 9.36. The number of benzene rings is 3. The Hall–Kier alpha value is -2.43. The fourth-order valence-corrected chi connectivity index (χ4v) is 3.91. The largest absolute Gasteiger partial charge is 0.388 e. The van der Waals surface area contributed by atoms with Crippen molar-refractivity contribution in [2.45, 2.75) is 19.9 Å². The van der Waals surface area contributed by atoms with Gasteiger partial charge < -0.3 is 4.18 Å². The van der Waals surface area contributed by atoms with E-state index in [0.717, 1.165) is 16.7 Å². The van der Waals surface area contributed by atoms with Gasteiger partial charge in [-0.25, -0.2) is 0 Å². The summed E-state index contributed by atoms with van der Waals surface area (Å²) in [6.07, 6.45) is 0. The van der Waals surface area contributed by atoms with Gasteiger partial charge in [-0.3, -0.25) is 0 Å². The lowest BCUT2D eigenvalue weighted by Crippen LogP contribution is -2.30. The van der Waals surface area contributed by atoms with Crippen LogP contribution in [0.1, 0.15) is 24.1 Å². The zero-order chi connectivity index (χ0) is 17.4. The van der Waals surface area contributed by atoms with Gasteiger partial charge in [0.2, 0.25) is 0 Å². The van der Waals surface area contributed by atoms with Crippen LogP contribution in [0.15, 0.2) is 66.7 Å². The van der Waals surface area contributed by atoms with Crippen molar-refractivity contribution in [2.24, 2.45) is 0 Å². The SMILES string of the molecule is Cc1ccc(-c2ccc(-c3cccc4c3OS(=O)NC4C)cc2)cc1. The summed E-state index contributed by atoms with van der Waals surface area (Å²) in [5.41, 5.74) is 6.67. The van der Waals surface area contributed by atoms with E-state index >= 15 is 0 Å². The van der Waals surface area contributed by atoms with Crippen molar-refractivity contribution in [3.63, 3.8) is 0 Å². The van der Waals surface area contributed by atoms with Gasteiger partial charge in [0.1, 0.15) is 0 Å². The summed E-state index contributed by atoms with van der Waals surface area (Å²) in [7, 11) is 0. The Morgan fingerprint density at radius 1 is 0.880 bits per heavy atom. The standard InChI is InChI=1S/C21H19NO2S/c1-14-6-8-16(9-7-14)17-10-12-18(13-11-17)20-5-3-4-19-15(2)22-25(23)24-21(19)20/h3-13,15,22H,1-2H3. The second-order valence-electron chi connectivity index (χ2n) is 6.32. The molecule has 0 spiro atoms. The molecule has 126 valence electrons. The minimum atomic E-state index is -1.50. The highest BCUT2D eigenvalue weighted by Crippen LogP contribution is 2.39. The van der Waals surface area contributed by atoms with Crippen molar-refractivity contribution >= 4 is 11.3 Å². The maximum atomic E-state index is 11.9. The molecular weight excluding hydrogens is 330 g/mol. The Balaban J connectivity index is 1.73. The van der Waals surface area contributed by atoms with Crippen LogP contribution in [0.5, 0.6) is 5.75 Å². The molecule has 1 aliphatic rings. The van der Waals surface area contributed by atoms with Crippen LogP contribution in [0.4, 0.5) is 0 Å². The highest BCUT2D eigenvalue weighted by atomic mass is 32.2. The summed E-state index contributed by atoms with van der Waals surface area (Å²) >= 11 is -1.50. The smallest absolute Gasteiger partial charge is 0.288 e. The van der Waals surface area contributed by atoms with Gasteiger partial charge in [0, 0.05) is 17.2 Å². The van der Waals surface area contributed by atoms with Crippen LogP contribution in [0.25, 0.3) is 22.3 Å². The quantitative estimate of drug-likeness (QED) is 0.711. The number of para-hydroxylation sites is 1. The molecule has 0 aromatic heterocycles. The molecule has 1 aliphatic heterocycles. The maximum Gasteiger partial charge on any atom is 0.288 e. The van der Waals surface area contributed by atoms with E-state index in [0.29, 0.717) is 5.75 Å². The lowest BCUT2D eigenvalue weighted by atomic mass is 9.96. The third-order valence-electron chi connectivity index (χ3n) is 4.52. The summed E-state index contributed by atoms with van der Waals surface area (Å²) in [6.45, 7) is 4.08. The summed E-state index contributed by atoms with van der Waals surface area (Å²) in [6, 6.07) is 22.9. The molecule has 1 N–H and O–H groups in total. The van der Waals surface area contributed by atoms with E-state index in [2.05, 4.69) is 60.2 Å². The average molecular weight is 349 g/mol. The van der Waals surface area contributed by atoms with Crippen molar-refractivity contribution in [3.05, 3.63) is 77.9 Å². The fourth-order valence-electron chi connectivity index (χ4n) is 3.11. The van der Waals surface area contributed by atoms with E-state index in [1.807, 2.05) is 25.1 Å². The molecule has 4 heteroatoms. The van der Waals surface area contributed by atoms with Crippen LogP contribution in [0.3, 0.4) is 0 Å². The lowest BCUT2D eigenvalue weighted by molar-refractivity contribution is 0.501. The first kappa shape index (κ1) is 16.1. The van der Waals surface area contributed by atoms with Crippen molar-refractivity contribution in [1.82, 2.24) is 4.72 Å². The Bertz CT molecular complexity index is 933. The molecule has 0 saturated carbocycles. The predicted octanol–water partition coefficient (Wildman–Crippen LogP) is 4.95. The van der Waals surface area contributed by atoms with Gasteiger partial charge >= 0.3 is 0 Å². The van der Waals surface area contributed by atoms with Crippen molar-refractivity contribution in [1.29, 1.82) is 0 Å². The number of aryl methyl sites for hydroxylation is 1. The lowest BCUT2D eigenvalue weighted by Gasteiger charge is -2.24. The van der Waals surface area contributed by atoms with Gasteiger partial charge in [-0.05, 0) is 30.5 Å². The van der Waals surface area contributed by atoms with Gasteiger partial charge in [-0.1, -0.05) is 72.3 Å². The number of fused-ring (bicyclic) bond motifs is 1. The Kier molecular flexibility index (Phi) is 4.15. The first-order chi connectivity index (χ1) is 12.1. The zero-order valence-electron chi connectivity index (χ0n) is 14.2. The summed E-state index contributed by atoms with van der Waals surface area (Å²) < 4.78 is 20.3. The fraction of sp³-hybridized carbons (Fsp3) is 0.143. The van der Waals surface area contributed by atoms with E-state index in [1.165, 1.54) is 16.7 Å². The number of rotatable bonds is 2. The number of hydrogen-bond acceptors (Lipinski definition) is 2. The molecule has 0 fully saturated rings. The molecule has 0 saturated heterocycles. The van der Waals surface area contributed by atoms with Gasteiger partial charge in [0.15, 0.2) is 5.75 Å².